The van der Waals surface area contributed by atoms with Gasteiger partial charge in [-0.1, -0.05) is 41.1 Å². The molecule has 0 bridgehead atoms. The summed E-state index contributed by atoms with van der Waals surface area (Å²) in [5.74, 6) is -0.308. The maximum atomic E-state index is 12.1. The number of halogens is 1. The molecule has 5 nitrogen and oxygen atoms in total. The van der Waals surface area contributed by atoms with Crippen LogP contribution in [-0.4, -0.2) is 21.1 Å². The Morgan fingerprint density at radius 1 is 1.18 bits per heavy atom. The number of nitrogens with one attached hydrogen (secondary N) is 1. The summed E-state index contributed by atoms with van der Waals surface area (Å²) in [4.78, 5) is 17.0. The predicted molar refractivity (Wildman–Crippen MR) is 90.1 cm³/mol. The first-order chi connectivity index (χ1) is 10.7. The SMILES string of the molecule is O=C(Nc1ccccc1)c1nnc(C(Cl)=Cc2cncs2)s1. The third-order valence-electron chi connectivity index (χ3n) is 2.58. The predicted octanol–water partition coefficient (Wildman–Crippen LogP) is 3.98. The van der Waals surface area contributed by atoms with Crippen LogP contribution in [0.25, 0.3) is 11.1 Å². The van der Waals surface area contributed by atoms with E-state index in [1.54, 1.807) is 29.9 Å². The number of amides is 1. The Kier molecular flexibility index (Phi) is 4.57. The van der Waals surface area contributed by atoms with Gasteiger partial charge in [0.25, 0.3) is 5.91 Å². The number of para-hydroxylation sites is 1. The molecule has 0 aliphatic heterocycles. The van der Waals surface area contributed by atoms with Crippen molar-refractivity contribution in [3.8, 4) is 0 Å². The van der Waals surface area contributed by atoms with Crippen molar-refractivity contribution in [2.75, 3.05) is 5.32 Å². The number of hydrogen-bond donors (Lipinski definition) is 1. The first-order valence-corrected chi connectivity index (χ1v) is 8.26. The van der Waals surface area contributed by atoms with E-state index in [1.165, 1.54) is 11.3 Å². The van der Waals surface area contributed by atoms with E-state index in [-0.39, 0.29) is 10.9 Å². The van der Waals surface area contributed by atoms with Crippen LogP contribution in [-0.2, 0) is 0 Å². The maximum Gasteiger partial charge on any atom is 0.286 e. The van der Waals surface area contributed by atoms with Gasteiger partial charge in [-0.15, -0.1) is 21.5 Å². The number of carbonyl (C=O) groups excluding carboxylic acids is 1. The molecule has 3 aromatic rings. The lowest BCUT2D eigenvalue weighted by Gasteiger charge is -2.00. The molecule has 0 atom stereocenters. The number of anilines is 1. The van der Waals surface area contributed by atoms with Crippen LogP contribution in [0.5, 0.6) is 0 Å². The van der Waals surface area contributed by atoms with Crippen molar-refractivity contribution in [2.24, 2.45) is 0 Å². The third-order valence-corrected chi connectivity index (χ3v) is 4.65. The molecule has 3 rings (SSSR count). The lowest BCUT2D eigenvalue weighted by Crippen LogP contribution is -2.11. The topological polar surface area (TPSA) is 67.8 Å². The Labute approximate surface area is 139 Å². The zero-order chi connectivity index (χ0) is 15.4. The first kappa shape index (κ1) is 14.8. The summed E-state index contributed by atoms with van der Waals surface area (Å²) >= 11 is 8.80. The molecule has 0 aliphatic rings. The highest BCUT2D eigenvalue weighted by atomic mass is 35.5. The largest absolute Gasteiger partial charge is 0.320 e. The van der Waals surface area contributed by atoms with Gasteiger partial charge < -0.3 is 5.32 Å². The van der Waals surface area contributed by atoms with E-state index in [0.29, 0.717) is 15.7 Å². The maximum absolute atomic E-state index is 12.1. The molecule has 0 aliphatic carbocycles. The van der Waals surface area contributed by atoms with Crippen molar-refractivity contribution in [3.63, 3.8) is 0 Å². The van der Waals surface area contributed by atoms with Gasteiger partial charge in [-0.3, -0.25) is 9.78 Å². The minimum absolute atomic E-state index is 0.259. The van der Waals surface area contributed by atoms with Crippen molar-refractivity contribution in [1.82, 2.24) is 15.2 Å². The van der Waals surface area contributed by atoms with Crippen LogP contribution < -0.4 is 5.32 Å². The van der Waals surface area contributed by atoms with E-state index in [4.69, 9.17) is 11.6 Å². The number of aromatic nitrogens is 3. The van der Waals surface area contributed by atoms with Gasteiger partial charge in [0.15, 0.2) is 5.01 Å². The summed E-state index contributed by atoms with van der Waals surface area (Å²) in [6, 6.07) is 9.17. The monoisotopic (exact) mass is 348 g/mol. The molecule has 0 radical (unpaired) electrons. The Balaban J connectivity index is 1.74. The average molecular weight is 349 g/mol. The summed E-state index contributed by atoms with van der Waals surface area (Å²) in [6.45, 7) is 0. The number of thiazole rings is 1. The number of hydrogen-bond acceptors (Lipinski definition) is 6. The second kappa shape index (κ2) is 6.78. The third kappa shape index (κ3) is 3.56. The summed E-state index contributed by atoms with van der Waals surface area (Å²) in [5, 5.41) is 11.8. The van der Waals surface area contributed by atoms with Gasteiger partial charge in [0, 0.05) is 16.8 Å². The number of benzene rings is 1. The van der Waals surface area contributed by atoms with Crippen LogP contribution >= 0.6 is 34.3 Å². The summed E-state index contributed by atoms with van der Waals surface area (Å²) < 4.78 is 0. The van der Waals surface area contributed by atoms with E-state index in [9.17, 15) is 4.79 Å². The van der Waals surface area contributed by atoms with E-state index in [2.05, 4.69) is 20.5 Å². The molecular formula is C14H9ClN4OS2. The molecule has 8 heteroatoms. The molecule has 110 valence electrons. The highest BCUT2D eigenvalue weighted by Gasteiger charge is 2.14. The van der Waals surface area contributed by atoms with E-state index >= 15 is 0 Å². The Bertz CT molecular complexity index is 799. The molecule has 2 heterocycles. The molecular weight excluding hydrogens is 340 g/mol. The fourth-order valence-corrected chi connectivity index (χ4v) is 3.13. The summed E-state index contributed by atoms with van der Waals surface area (Å²) in [5.41, 5.74) is 2.42. The molecule has 0 saturated carbocycles. The van der Waals surface area contributed by atoms with Crippen molar-refractivity contribution >= 4 is 57.0 Å². The van der Waals surface area contributed by atoms with Crippen molar-refractivity contribution < 1.29 is 4.79 Å². The Morgan fingerprint density at radius 2 is 1.95 bits per heavy atom. The van der Waals surface area contributed by atoms with Gasteiger partial charge in [-0.2, -0.15) is 0 Å². The summed E-state index contributed by atoms with van der Waals surface area (Å²) in [6.07, 6.45) is 3.45. The second-order valence-electron chi connectivity index (χ2n) is 4.13. The minimum atomic E-state index is -0.308. The number of rotatable bonds is 4. The lowest BCUT2D eigenvalue weighted by molar-refractivity contribution is 0.102. The Hall–Kier alpha value is -2.09. The van der Waals surface area contributed by atoms with Gasteiger partial charge in [-0.05, 0) is 18.2 Å². The highest BCUT2D eigenvalue weighted by Crippen LogP contribution is 2.26. The molecule has 22 heavy (non-hydrogen) atoms. The van der Waals surface area contributed by atoms with Gasteiger partial charge >= 0.3 is 0 Å². The average Bonchev–Trinajstić information content (AvgIpc) is 3.19. The molecule has 1 N–H and O–H groups in total. The molecule has 0 saturated heterocycles. The van der Waals surface area contributed by atoms with Crippen LogP contribution in [0.4, 0.5) is 5.69 Å². The molecule has 1 aromatic carbocycles. The highest BCUT2D eigenvalue weighted by molar-refractivity contribution is 7.15. The van der Waals surface area contributed by atoms with Crippen LogP contribution in [0.1, 0.15) is 19.7 Å². The van der Waals surface area contributed by atoms with Crippen molar-refractivity contribution in [2.45, 2.75) is 0 Å². The Morgan fingerprint density at radius 3 is 2.68 bits per heavy atom. The van der Waals surface area contributed by atoms with Crippen LogP contribution in [0.2, 0.25) is 0 Å². The van der Waals surface area contributed by atoms with Gasteiger partial charge in [0.2, 0.25) is 5.01 Å². The van der Waals surface area contributed by atoms with Gasteiger partial charge in [0.05, 0.1) is 10.5 Å². The van der Waals surface area contributed by atoms with Gasteiger partial charge in [-0.25, -0.2) is 0 Å². The lowest BCUT2D eigenvalue weighted by atomic mass is 10.3. The second-order valence-corrected chi connectivity index (χ2v) is 6.43. The fraction of sp³-hybridized carbons (Fsp3) is 0. The zero-order valence-corrected chi connectivity index (χ0v) is 13.5. The normalized spacial score (nSPS) is 11.4. The fourth-order valence-electron chi connectivity index (χ4n) is 1.60. The number of nitrogens with zero attached hydrogens (tertiary/aromatic N) is 3. The van der Waals surface area contributed by atoms with Gasteiger partial charge in [0.1, 0.15) is 0 Å². The number of carbonyl (C=O) groups is 1. The zero-order valence-electron chi connectivity index (χ0n) is 11.1. The van der Waals surface area contributed by atoms with Crippen LogP contribution in [0, 0.1) is 0 Å². The molecule has 1 amide bonds. The molecule has 0 fully saturated rings. The first-order valence-electron chi connectivity index (χ1n) is 6.18. The smallest absolute Gasteiger partial charge is 0.286 e. The van der Waals surface area contributed by atoms with Crippen LogP contribution in [0.3, 0.4) is 0 Å². The summed E-state index contributed by atoms with van der Waals surface area (Å²) in [7, 11) is 0. The standard InChI is InChI=1S/C14H9ClN4OS2/c15-11(6-10-7-16-8-21-10)13-18-19-14(22-13)12(20)17-9-4-2-1-3-5-9/h1-8H,(H,17,20). The van der Waals surface area contributed by atoms with E-state index < -0.39 is 0 Å². The molecule has 2 aromatic heterocycles. The van der Waals surface area contributed by atoms with Crippen molar-refractivity contribution in [3.05, 3.63) is 56.9 Å². The van der Waals surface area contributed by atoms with Crippen molar-refractivity contribution in [1.29, 1.82) is 0 Å². The molecule has 0 unspecified atom stereocenters. The van der Waals surface area contributed by atoms with Crippen LogP contribution in [0.15, 0.2) is 42.0 Å². The molecule has 0 spiro atoms. The quantitative estimate of drug-likeness (QED) is 0.774. The van der Waals surface area contributed by atoms with E-state index in [1.807, 2.05) is 18.2 Å². The minimum Gasteiger partial charge on any atom is -0.320 e. The van der Waals surface area contributed by atoms with E-state index in [0.717, 1.165) is 16.2 Å².